The van der Waals surface area contributed by atoms with E-state index in [-0.39, 0.29) is 5.69 Å². The number of aromatic nitrogens is 4. The zero-order valence-corrected chi connectivity index (χ0v) is 14.3. The average Bonchev–Trinajstić information content (AvgIpc) is 3.19. The molecule has 3 aromatic rings. The van der Waals surface area contributed by atoms with Crippen LogP contribution >= 0.6 is 0 Å². The van der Waals surface area contributed by atoms with Crippen LogP contribution in [0.2, 0.25) is 0 Å². The first-order chi connectivity index (χ1) is 12.1. The maximum atomic E-state index is 12.0. The van der Waals surface area contributed by atoms with E-state index in [9.17, 15) is 4.79 Å². The van der Waals surface area contributed by atoms with Crippen molar-refractivity contribution in [1.29, 1.82) is 0 Å². The smallest absolute Gasteiger partial charge is 0.328 e. The van der Waals surface area contributed by atoms with E-state index in [2.05, 4.69) is 25.9 Å². The van der Waals surface area contributed by atoms with Crippen LogP contribution in [0.1, 0.15) is 6.42 Å². The lowest BCUT2D eigenvalue weighted by Gasteiger charge is -2.13. The number of rotatable bonds is 4. The van der Waals surface area contributed by atoms with Gasteiger partial charge in [0, 0.05) is 38.6 Å². The van der Waals surface area contributed by atoms with Gasteiger partial charge < -0.3 is 16.0 Å². The molecule has 2 aromatic heterocycles. The Labute approximate surface area is 144 Å². The van der Waals surface area contributed by atoms with Crippen LogP contribution in [0, 0.1) is 0 Å². The van der Waals surface area contributed by atoms with Gasteiger partial charge in [-0.3, -0.25) is 9.13 Å². The van der Waals surface area contributed by atoms with Gasteiger partial charge in [-0.1, -0.05) is 0 Å². The number of aryl methyl sites for hydroxylation is 2. The lowest BCUT2D eigenvalue weighted by molar-refractivity contribution is 0.787. The van der Waals surface area contributed by atoms with Crippen molar-refractivity contribution in [3.8, 4) is 0 Å². The summed E-state index contributed by atoms with van der Waals surface area (Å²) in [5.41, 5.74) is 2.56. The fourth-order valence-corrected chi connectivity index (χ4v) is 3.20. The van der Waals surface area contributed by atoms with E-state index < -0.39 is 0 Å². The van der Waals surface area contributed by atoms with Crippen molar-refractivity contribution in [2.75, 3.05) is 23.7 Å². The van der Waals surface area contributed by atoms with Crippen LogP contribution in [0.5, 0.6) is 0 Å². The van der Waals surface area contributed by atoms with Crippen molar-refractivity contribution in [3.63, 3.8) is 0 Å². The van der Waals surface area contributed by atoms with Gasteiger partial charge in [0.25, 0.3) is 0 Å². The summed E-state index contributed by atoms with van der Waals surface area (Å²) in [5.74, 6) is 1.33. The lowest BCUT2D eigenvalue weighted by Crippen LogP contribution is -2.22. The second kappa shape index (κ2) is 6.21. The topological polar surface area (TPSA) is 88.8 Å². The van der Waals surface area contributed by atoms with Crippen LogP contribution in [0.15, 0.2) is 35.3 Å². The van der Waals surface area contributed by atoms with E-state index in [1.807, 2.05) is 24.3 Å². The third-order valence-corrected chi connectivity index (χ3v) is 4.60. The molecule has 25 heavy (non-hydrogen) atoms. The summed E-state index contributed by atoms with van der Waals surface area (Å²) in [7, 11) is 3.54. The van der Waals surface area contributed by atoms with Crippen molar-refractivity contribution in [3.05, 3.63) is 40.9 Å². The molecule has 1 unspecified atom stereocenters. The van der Waals surface area contributed by atoms with E-state index in [4.69, 9.17) is 0 Å². The van der Waals surface area contributed by atoms with Gasteiger partial charge in [-0.2, -0.15) is 4.98 Å². The zero-order chi connectivity index (χ0) is 17.4. The summed E-state index contributed by atoms with van der Waals surface area (Å²) in [6.45, 7) is 1.98. The monoisotopic (exact) mass is 339 g/mol. The molecule has 3 N–H and O–H groups in total. The number of imidazole rings is 1. The van der Waals surface area contributed by atoms with Crippen LogP contribution in [-0.2, 0) is 14.1 Å². The number of benzene rings is 1. The maximum Gasteiger partial charge on any atom is 0.328 e. The Morgan fingerprint density at radius 2 is 2.04 bits per heavy atom. The molecule has 0 saturated carbocycles. The van der Waals surface area contributed by atoms with Crippen molar-refractivity contribution >= 4 is 28.5 Å². The van der Waals surface area contributed by atoms with Gasteiger partial charge in [0.05, 0.1) is 11.0 Å². The van der Waals surface area contributed by atoms with Gasteiger partial charge >= 0.3 is 5.69 Å². The molecule has 0 amide bonds. The number of anilines is 3. The van der Waals surface area contributed by atoms with Crippen LogP contribution < -0.4 is 21.6 Å². The Balaban J connectivity index is 1.58. The quantitative estimate of drug-likeness (QED) is 0.662. The van der Waals surface area contributed by atoms with Crippen LogP contribution in [0.3, 0.4) is 0 Å². The van der Waals surface area contributed by atoms with Crippen LogP contribution in [0.25, 0.3) is 11.0 Å². The van der Waals surface area contributed by atoms with E-state index in [1.54, 1.807) is 29.4 Å². The second-order valence-electron chi connectivity index (χ2n) is 6.33. The molecule has 0 spiro atoms. The van der Waals surface area contributed by atoms with Gasteiger partial charge in [0.1, 0.15) is 5.82 Å². The molecule has 130 valence electrons. The number of hydrogen-bond acceptors (Lipinski definition) is 6. The zero-order valence-electron chi connectivity index (χ0n) is 14.3. The molecule has 1 aliphatic heterocycles. The fourth-order valence-electron chi connectivity index (χ4n) is 3.20. The van der Waals surface area contributed by atoms with Gasteiger partial charge in [-0.25, -0.2) is 9.78 Å². The highest BCUT2D eigenvalue weighted by Crippen LogP contribution is 2.20. The second-order valence-corrected chi connectivity index (χ2v) is 6.33. The van der Waals surface area contributed by atoms with E-state index in [1.165, 1.54) is 0 Å². The molecule has 1 saturated heterocycles. The maximum absolute atomic E-state index is 12.0. The Morgan fingerprint density at radius 1 is 1.20 bits per heavy atom. The minimum absolute atomic E-state index is 0.0419. The minimum Gasteiger partial charge on any atom is -0.366 e. The normalized spacial score (nSPS) is 17.1. The molecule has 1 atom stereocenters. The first kappa shape index (κ1) is 15.6. The van der Waals surface area contributed by atoms with Crippen molar-refractivity contribution < 1.29 is 0 Å². The molecule has 8 heteroatoms. The summed E-state index contributed by atoms with van der Waals surface area (Å²) in [6.07, 6.45) is 2.82. The molecule has 0 bridgehead atoms. The first-order valence-corrected chi connectivity index (χ1v) is 8.34. The number of fused-ring (bicyclic) bond motifs is 1. The Kier molecular flexibility index (Phi) is 3.89. The number of nitrogens with zero attached hydrogens (tertiary/aromatic N) is 4. The third kappa shape index (κ3) is 2.96. The average molecular weight is 339 g/mol. The predicted octanol–water partition coefficient (Wildman–Crippen LogP) is 1.18. The molecule has 4 rings (SSSR count). The lowest BCUT2D eigenvalue weighted by atomic mass is 10.2. The summed E-state index contributed by atoms with van der Waals surface area (Å²) in [4.78, 5) is 20.8. The Bertz CT molecular complexity index is 969. The SMILES string of the molecule is Cn1c(=O)n(C)c2cc(Nc3nccc(NC4CCNC4)n3)ccc21. The third-order valence-electron chi connectivity index (χ3n) is 4.60. The summed E-state index contributed by atoms with van der Waals surface area (Å²) < 4.78 is 3.27. The summed E-state index contributed by atoms with van der Waals surface area (Å²) in [5, 5.41) is 9.95. The first-order valence-electron chi connectivity index (χ1n) is 8.34. The Hall–Kier alpha value is -2.87. The molecule has 3 heterocycles. The largest absolute Gasteiger partial charge is 0.366 e. The molecular weight excluding hydrogens is 318 g/mol. The minimum atomic E-state index is -0.0419. The van der Waals surface area contributed by atoms with Crippen molar-refractivity contribution in [2.24, 2.45) is 14.1 Å². The highest BCUT2D eigenvalue weighted by atomic mass is 16.1. The molecule has 1 fully saturated rings. The number of nitrogens with one attached hydrogen (secondary N) is 3. The van der Waals surface area contributed by atoms with E-state index in [0.29, 0.717) is 12.0 Å². The van der Waals surface area contributed by atoms with Crippen LogP contribution in [0.4, 0.5) is 17.5 Å². The molecule has 8 nitrogen and oxygen atoms in total. The van der Waals surface area contributed by atoms with Gasteiger partial charge in [0.15, 0.2) is 0 Å². The highest BCUT2D eigenvalue weighted by Gasteiger charge is 2.14. The number of hydrogen-bond donors (Lipinski definition) is 3. The van der Waals surface area contributed by atoms with Gasteiger partial charge in [-0.05, 0) is 37.2 Å². The standard InChI is InChI=1S/C17H21N7O/c1-23-13-4-3-11(9-14(13)24(2)17(23)25)21-16-19-8-6-15(22-16)20-12-5-7-18-10-12/h3-4,6,8-9,12,18H,5,7,10H2,1-2H3,(H2,19,20,21,22). The molecule has 1 aromatic carbocycles. The Morgan fingerprint density at radius 3 is 2.84 bits per heavy atom. The summed E-state index contributed by atoms with van der Waals surface area (Å²) >= 11 is 0. The van der Waals surface area contributed by atoms with Gasteiger partial charge in [-0.15, -0.1) is 0 Å². The highest BCUT2D eigenvalue weighted by molar-refractivity contribution is 5.81. The molecule has 0 radical (unpaired) electrons. The summed E-state index contributed by atoms with van der Waals surface area (Å²) in [6, 6.07) is 8.05. The van der Waals surface area contributed by atoms with E-state index in [0.717, 1.165) is 42.0 Å². The van der Waals surface area contributed by atoms with Crippen LogP contribution in [-0.4, -0.2) is 38.2 Å². The van der Waals surface area contributed by atoms with Gasteiger partial charge in [0.2, 0.25) is 5.95 Å². The molecular formula is C17H21N7O. The van der Waals surface area contributed by atoms with Crippen molar-refractivity contribution in [2.45, 2.75) is 12.5 Å². The molecule has 0 aliphatic carbocycles. The van der Waals surface area contributed by atoms with E-state index >= 15 is 0 Å². The fraction of sp³-hybridized carbons (Fsp3) is 0.353. The predicted molar refractivity (Wildman–Crippen MR) is 98.4 cm³/mol. The van der Waals surface area contributed by atoms with Crippen molar-refractivity contribution in [1.82, 2.24) is 24.4 Å². The molecule has 1 aliphatic rings.